The molecule has 0 aromatic carbocycles. The Kier molecular flexibility index (Phi) is 5.73. The van der Waals surface area contributed by atoms with Crippen molar-refractivity contribution in [3.8, 4) is 0 Å². The molecular weight excluding hydrogens is 472 g/mol. The number of amides is 1. The highest BCUT2D eigenvalue weighted by Gasteiger charge is 2.41. The number of aromatic nitrogens is 2. The Morgan fingerprint density at radius 2 is 2.00 bits per heavy atom. The third kappa shape index (κ3) is 4.23. The van der Waals surface area contributed by atoms with E-state index in [9.17, 15) is 13.2 Å². The van der Waals surface area contributed by atoms with E-state index in [1.807, 2.05) is 19.9 Å². The summed E-state index contributed by atoms with van der Waals surface area (Å²) in [7, 11) is -3.67. The van der Waals surface area contributed by atoms with Crippen molar-refractivity contribution in [1.82, 2.24) is 14.3 Å². The molecule has 3 aliphatic carbocycles. The second-order valence-electron chi connectivity index (χ2n) is 9.99. The first-order valence-corrected chi connectivity index (χ1v) is 13.6. The first-order valence-electron chi connectivity index (χ1n) is 11.7. The number of pyridine rings is 1. The number of primary amides is 1. The summed E-state index contributed by atoms with van der Waals surface area (Å²) in [5.41, 5.74) is 9.17. The Morgan fingerprint density at radius 1 is 1.26 bits per heavy atom. The van der Waals surface area contributed by atoms with E-state index in [4.69, 9.17) is 17.3 Å². The van der Waals surface area contributed by atoms with E-state index >= 15 is 0 Å². The quantitative estimate of drug-likeness (QED) is 0.582. The zero-order valence-corrected chi connectivity index (χ0v) is 21.0. The fourth-order valence-corrected chi connectivity index (χ4v) is 6.46. The number of nitrogens with zero attached hydrogens (tertiary/aromatic N) is 2. The molecule has 180 valence electrons. The molecule has 0 unspecified atom stereocenters. The molecule has 9 heteroatoms. The molecule has 0 spiro atoms. The second kappa shape index (κ2) is 8.36. The monoisotopic (exact) mass is 500 g/mol. The van der Waals surface area contributed by atoms with Crippen LogP contribution in [0.2, 0.25) is 5.02 Å². The highest BCUT2D eigenvalue weighted by atomic mass is 35.5. The minimum atomic E-state index is -3.67. The van der Waals surface area contributed by atoms with Gasteiger partial charge in [0, 0.05) is 23.2 Å². The van der Waals surface area contributed by atoms with Crippen LogP contribution in [0.4, 0.5) is 0 Å². The first kappa shape index (κ1) is 23.3. The van der Waals surface area contributed by atoms with Crippen molar-refractivity contribution in [2.75, 3.05) is 0 Å². The van der Waals surface area contributed by atoms with Crippen LogP contribution in [-0.4, -0.2) is 29.4 Å². The number of carbonyl (C=O) groups excluding carboxylic acids is 1. The molecule has 2 aromatic heterocycles. The number of nitrogens with two attached hydrogens (primary N) is 1. The number of fused-ring (bicyclic) bond motifs is 1. The van der Waals surface area contributed by atoms with Crippen molar-refractivity contribution < 1.29 is 13.2 Å². The molecule has 2 heterocycles. The predicted octanol–water partition coefficient (Wildman–Crippen LogP) is 4.99. The Balaban J connectivity index is 1.70. The summed E-state index contributed by atoms with van der Waals surface area (Å²) in [6.07, 6.45) is 12.8. The van der Waals surface area contributed by atoms with Gasteiger partial charge in [-0.15, -0.1) is 0 Å². The molecule has 0 aliphatic heterocycles. The van der Waals surface area contributed by atoms with Gasteiger partial charge in [-0.2, -0.15) is 0 Å². The van der Waals surface area contributed by atoms with Crippen LogP contribution >= 0.6 is 11.6 Å². The number of carbonyl (C=O) groups is 1. The minimum Gasteiger partial charge on any atom is -0.366 e. The normalized spacial score (nSPS) is 20.6. The molecule has 2 aromatic rings. The third-order valence-electron chi connectivity index (χ3n) is 7.12. The summed E-state index contributed by atoms with van der Waals surface area (Å²) in [5.74, 6) is -0.544. The predicted molar refractivity (Wildman–Crippen MR) is 135 cm³/mol. The van der Waals surface area contributed by atoms with E-state index in [0.717, 1.165) is 48.9 Å². The maximum atomic E-state index is 13.1. The van der Waals surface area contributed by atoms with Crippen molar-refractivity contribution in [2.45, 2.75) is 70.4 Å². The van der Waals surface area contributed by atoms with E-state index in [2.05, 4.69) is 14.3 Å². The summed E-state index contributed by atoms with van der Waals surface area (Å²) in [6.45, 7) is 3.85. The number of rotatable bonds is 6. The lowest BCUT2D eigenvalue weighted by Crippen LogP contribution is -2.34. The van der Waals surface area contributed by atoms with Crippen molar-refractivity contribution in [1.29, 1.82) is 0 Å². The van der Waals surface area contributed by atoms with Crippen molar-refractivity contribution in [2.24, 2.45) is 5.73 Å². The smallest absolute Gasteiger partial charge is 0.251 e. The largest absolute Gasteiger partial charge is 0.366 e. The van der Waals surface area contributed by atoms with E-state index in [1.165, 1.54) is 0 Å². The molecule has 34 heavy (non-hydrogen) atoms. The van der Waals surface area contributed by atoms with Crippen LogP contribution in [0.1, 0.15) is 80.9 Å². The average Bonchev–Trinajstić information content (AvgIpc) is 3.32. The Labute approximate surface area is 204 Å². The number of halogens is 1. The molecule has 3 aliphatic rings. The van der Waals surface area contributed by atoms with Crippen LogP contribution in [0.25, 0.3) is 16.6 Å². The molecule has 1 amide bonds. The SMILES string of the molecule is CC1=CC(S(=O)(=O)NC2(C)CC2)=CC=C(c2c(C(N)=O)c3cc(Cl)cnc3n2C2CCC2)CC1. The van der Waals surface area contributed by atoms with Gasteiger partial charge in [0.15, 0.2) is 0 Å². The summed E-state index contributed by atoms with van der Waals surface area (Å²) >= 11 is 6.23. The molecule has 3 N–H and O–H groups in total. The van der Waals surface area contributed by atoms with Crippen LogP contribution in [0.5, 0.6) is 0 Å². The summed E-state index contributed by atoms with van der Waals surface area (Å²) in [5, 5.41) is 1.07. The average molecular weight is 501 g/mol. The Morgan fingerprint density at radius 3 is 2.62 bits per heavy atom. The number of allylic oxidation sites excluding steroid dienone is 5. The number of sulfonamides is 1. The summed E-state index contributed by atoms with van der Waals surface area (Å²) in [4.78, 5) is 17.5. The lowest BCUT2D eigenvalue weighted by atomic mass is 9.91. The Hall–Kier alpha value is -2.42. The lowest BCUT2D eigenvalue weighted by Gasteiger charge is -2.30. The molecule has 2 saturated carbocycles. The van der Waals surface area contributed by atoms with Gasteiger partial charge in [0.25, 0.3) is 5.91 Å². The minimum absolute atomic E-state index is 0.214. The summed E-state index contributed by atoms with van der Waals surface area (Å²) < 4.78 is 31.2. The topological polar surface area (TPSA) is 107 Å². The van der Waals surface area contributed by atoms with E-state index in [1.54, 1.807) is 24.4 Å². The van der Waals surface area contributed by atoms with E-state index in [0.29, 0.717) is 34.5 Å². The molecule has 0 saturated heterocycles. The standard InChI is InChI=1S/C25H29ClN4O3S/c1-15-6-7-16(8-9-19(12-15)34(32,33)29-25(2)10-11-25)22-21(23(27)31)20-13-17(26)14-28-24(20)30(22)18-4-3-5-18/h8-9,12-14,18,29H,3-7,10-11H2,1-2H3,(H2,27,31). The van der Waals surface area contributed by atoms with Crippen LogP contribution in [0, 0.1) is 0 Å². The van der Waals surface area contributed by atoms with E-state index in [-0.39, 0.29) is 16.5 Å². The van der Waals surface area contributed by atoms with Crippen molar-refractivity contribution >= 4 is 44.1 Å². The maximum absolute atomic E-state index is 13.1. The molecule has 5 rings (SSSR count). The van der Waals surface area contributed by atoms with Crippen LogP contribution in [-0.2, 0) is 10.0 Å². The fourth-order valence-electron chi connectivity index (χ4n) is 4.73. The number of hydrogen-bond acceptors (Lipinski definition) is 4. The highest BCUT2D eigenvalue weighted by Crippen LogP contribution is 2.42. The Bertz CT molecular complexity index is 1390. The fraction of sp³-hybridized carbons (Fsp3) is 0.440. The van der Waals surface area contributed by atoms with Gasteiger partial charge in [-0.25, -0.2) is 18.1 Å². The van der Waals surface area contributed by atoms with Crippen molar-refractivity contribution in [3.05, 3.63) is 57.2 Å². The molecule has 0 radical (unpaired) electrons. The lowest BCUT2D eigenvalue weighted by molar-refractivity contribution is 0.100. The van der Waals surface area contributed by atoms with Crippen LogP contribution < -0.4 is 10.5 Å². The summed E-state index contributed by atoms with van der Waals surface area (Å²) in [6, 6.07) is 1.95. The highest BCUT2D eigenvalue weighted by molar-refractivity contribution is 7.93. The first-order chi connectivity index (χ1) is 16.1. The number of nitrogens with one attached hydrogen (secondary N) is 1. The van der Waals surface area contributed by atoms with Gasteiger partial charge in [0.1, 0.15) is 5.65 Å². The third-order valence-corrected chi connectivity index (χ3v) is 8.96. The molecule has 7 nitrogen and oxygen atoms in total. The van der Waals surface area contributed by atoms with Crippen LogP contribution in [0.15, 0.2) is 41.0 Å². The molecule has 0 atom stereocenters. The second-order valence-corrected chi connectivity index (χ2v) is 12.1. The van der Waals surface area contributed by atoms with Crippen LogP contribution in [0.3, 0.4) is 0 Å². The van der Waals surface area contributed by atoms with Gasteiger partial charge in [0.05, 0.1) is 21.2 Å². The molecule has 2 fully saturated rings. The van der Waals surface area contributed by atoms with Crippen molar-refractivity contribution in [3.63, 3.8) is 0 Å². The molecule has 0 bridgehead atoms. The van der Waals surface area contributed by atoms with Gasteiger partial charge in [-0.3, -0.25) is 4.79 Å². The van der Waals surface area contributed by atoms with Gasteiger partial charge in [-0.05, 0) is 82.6 Å². The van der Waals surface area contributed by atoms with Gasteiger partial charge in [0.2, 0.25) is 10.0 Å². The number of hydrogen-bond donors (Lipinski definition) is 2. The van der Waals surface area contributed by atoms with Gasteiger partial charge < -0.3 is 10.3 Å². The van der Waals surface area contributed by atoms with E-state index < -0.39 is 15.9 Å². The maximum Gasteiger partial charge on any atom is 0.251 e. The van der Waals surface area contributed by atoms with Gasteiger partial charge >= 0.3 is 0 Å². The van der Waals surface area contributed by atoms with Gasteiger partial charge in [-0.1, -0.05) is 23.3 Å². The zero-order valence-electron chi connectivity index (χ0n) is 19.4. The zero-order chi connectivity index (χ0) is 24.3. The molecular formula is C25H29ClN4O3S.